The van der Waals surface area contributed by atoms with Crippen LogP contribution in [0, 0.1) is 18.8 Å². The molecule has 1 rings (SSSR count). The molecule has 0 radical (unpaired) electrons. The first-order chi connectivity index (χ1) is 7.13. The highest BCUT2D eigenvalue weighted by Gasteiger charge is 1.98. The van der Waals surface area contributed by atoms with E-state index >= 15 is 0 Å². The third kappa shape index (κ3) is 3.31. The summed E-state index contributed by atoms with van der Waals surface area (Å²) in [5.41, 5.74) is 7.51. The number of carbonyl (C=O) groups excluding carboxylic acids is 1. The van der Waals surface area contributed by atoms with Crippen LogP contribution in [0.15, 0.2) is 12.1 Å². The molecule has 4 nitrogen and oxygen atoms in total. The zero-order valence-electron chi connectivity index (χ0n) is 8.70. The maximum absolute atomic E-state index is 10.8. The van der Waals surface area contributed by atoms with E-state index < -0.39 is 0 Å². The van der Waals surface area contributed by atoms with E-state index in [1.54, 1.807) is 12.1 Å². The molecule has 0 amide bonds. The largest absolute Gasteiger partial charge is 0.468 e. The number of carbonyl (C=O) groups is 1. The van der Waals surface area contributed by atoms with Gasteiger partial charge in [0.05, 0.1) is 12.8 Å². The molecule has 4 heteroatoms. The molecule has 78 valence electrons. The molecule has 0 unspecified atom stereocenters. The van der Waals surface area contributed by atoms with Crippen LogP contribution in [0.25, 0.3) is 0 Å². The summed E-state index contributed by atoms with van der Waals surface area (Å²) in [6, 6.07) is 3.55. The lowest BCUT2D eigenvalue weighted by Crippen LogP contribution is -1.98. The van der Waals surface area contributed by atoms with Crippen molar-refractivity contribution in [1.29, 1.82) is 0 Å². The van der Waals surface area contributed by atoms with E-state index in [9.17, 15) is 4.79 Å². The number of pyridine rings is 1. The minimum Gasteiger partial charge on any atom is -0.468 e. The summed E-state index contributed by atoms with van der Waals surface area (Å²) in [5.74, 6) is 5.02. The van der Waals surface area contributed by atoms with Crippen molar-refractivity contribution in [2.45, 2.75) is 13.3 Å². The number of esters is 1. The molecule has 0 aliphatic heterocycles. The highest BCUT2D eigenvalue weighted by Crippen LogP contribution is 2.07. The van der Waals surface area contributed by atoms with Gasteiger partial charge in [-0.05, 0) is 25.0 Å². The fourth-order valence-corrected chi connectivity index (χ4v) is 0.940. The van der Waals surface area contributed by atoms with Gasteiger partial charge >= 0.3 is 5.97 Å². The Hall–Kier alpha value is -2.02. The minimum absolute atomic E-state index is 0.0472. The first-order valence-electron chi connectivity index (χ1n) is 4.42. The van der Waals surface area contributed by atoms with Crippen LogP contribution in [0.4, 0.5) is 5.69 Å². The quantitative estimate of drug-likeness (QED) is 0.545. The molecule has 0 aliphatic carbocycles. The molecule has 2 N–H and O–H groups in total. The van der Waals surface area contributed by atoms with Crippen LogP contribution < -0.4 is 5.73 Å². The van der Waals surface area contributed by atoms with Gasteiger partial charge in [0.15, 0.2) is 0 Å². The van der Waals surface area contributed by atoms with Gasteiger partial charge in [0, 0.05) is 5.69 Å². The van der Waals surface area contributed by atoms with Gasteiger partial charge < -0.3 is 10.5 Å². The molecule has 0 aliphatic rings. The van der Waals surface area contributed by atoms with Crippen LogP contribution in [0.2, 0.25) is 0 Å². The predicted octanol–water partition coefficient (Wildman–Crippen LogP) is 0.887. The molecule has 0 atom stereocenters. The van der Waals surface area contributed by atoms with Gasteiger partial charge in [-0.15, -0.1) is 0 Å². The van der Waals surface area contributed by atoms with Gasteiger partial charge in [-0.1, -0.05) is 5.92 Å². The summed E-state index contributed by atoms with van der Waals surface area (Å²) in [4.78, 5) is 14.9. The average Bonchev–Trinajstić information content (AvgIpc) is 2.23. The zero-order valence-corrected chi connectivity index (χ0v) is 8.70. The van der Waals surface area contributed by atoms with Crippen molar-refractivity contribution in [3.05, 3.63) is 23.5 Å². The second kappa shape index (κ2) is 5.01. The predicted molar refractivity (Wildman–Crippen MR) is 56.9 cm³/mol. The summed E-state index contributed by atoms with van der Waals surface area (Å²) < 4.78 is 4.45. The number of methoxy groups -OCH3 is 1. The van der Waals surface area contributed by atoms with Crippen LogP contribution in [-0.2, 0) is 9.53 Å². The number of rotatable bonds is 1. The van der Waals surface area contributed by atoms with E-state index in [2.05, 4.69) is 21.6 Å². The number of aryl methyl sites for hydroxylation is 1. The summed E-state index contributed by atoms with van der Waals surface area (Å²) in [6.07, 6.45) is 0.0472. The lowest BCUT2D eigenvalue weighted by molar-refractivity contribution is -0.139. The van der Waals surface area contributed by atoms with E-state index in [1.165, 1.54) is 7.11 Å². The molecule has 0 aromatic carbocycles. The third-order valence-electron chi connectivity index (χ3n) is 1.73. The number of anilines is 1. The van der Waals surface area contributed by atoms with Crippen LogP contribution in [0.1, 0.15) is 17.8 Å². The Bertz CT molecular complexity index is 430. The van der Waals surface area contributed by atoms with Crippen LogP contribution in [0.3, 0.4) is 0 Å². The molecule has 15 heavy (non-hydrogen) atoms. The van der Waals surface area contributed by atoms with Crippen molar-refractivity contribution in [2.24, 2.45) is 0 Å². The standard InChI is InChI=1S/C11H12N2O2/c1-8-6-7-9(12)10(13-8)4-3-5-11(14)15-2/h6-7H,5,12H2,1-2H3. The average molecular weight is 204 g/mol. The van der Waals surface area contributed by atoms with Gasteiger partial charge in [-0.25, -0.2) is 4.98 Å². The molecule has 0 saturated heterocycles. The minimum atomic E-state index is -0.367. The number of hydrogen-bond acceptors (Lipinski definition) is 4. The van der Waals surface area contributed by atoms with Gasteiger partial charge in [-0.3, -0.25) is 4.79 Å². The third-order valence-corrected chi connectivity index (χ3v) is 1.73. The molecule has 1 aromatic rings. The SMILES string of the molecule is COC(=O)CC#Cc1nc(C)ccc1N. The Morgan fingerprint density at radius 1 is 1.60 bits per heavy atom. The van der Waals surface area contributed by atoms with Gasteiger partial charge in [0.25, 0.3) is 0 Å². The topological polar surface area (TPSA) is 65.2 Å². The smallest absolute Gasteiger partial charge is 0.317 e. The molecular weight excluding hydrogens is 192 g/mol. The molecule has 0 spiro atoms. The molecule has 0 saturated carbocycles. The molecule has 0 fully saturated rings. The lowest BCUT2D eigenvalue weighted by Gasteiger charge is -1.97. The Morgan fingerprint density at radius 3 is 3.00 bits per heavy atom. The summed E-state index contributed by atoms with van der Waals surface area (Å²) >= 11 is 0. The Kier molecular flexibility index (Phi) is 3.69. The molecule has 0 bridgehead atoms. The molecular formula is C11H12N2O2. The fraction of sp³-hybridized carbons (Fsp3) is 0.273. The summed E-state index contributed by atoms with van der Waals surface area (Å²) in [5, 5.41) is 0. The van der Waals surface area contributed by atoms with Crippen molar-refractivity contribution in [2.75, 3.05) is 12.8 Å². The zero-order chi connectivity index (χ0) is 11.3. The number of nitrogen functional groups attached to an aromatic ring is 1. The van der Waals surface area contributed by atoms with Gasteiger partial charge in [0.1, 0.15) is 12.1 Å². The van der Waals surface area contributed by atoms with E-state index in [0.29, 0.717) is 11.4 Å². The van der Waals surface area contributed by atoms with Crippen LogP contribution in [-0.4, -0.2) is 18.1 Å². The number of hydrogen-bond donors (Lipinski definition) is 1. The summed E-state index contributed by atoms with van der Waals surface area (Å²) in [7, 11) is 1.32. The van der Waals surface area contributed by atoms with Crippen molar-refractivity contribution in [3.8, 4) is 11.8 Å². The van der Waals surface area contributed by atoms with Gasteiger partial charge in [-0.2, -0.15) is 0 Å². The summed E-state index contributed by atoms with van der Waals surface area (Å²) in [6.45, 7) is 1.85. The Balaban J connectivity index is 2.79. The highest BCUT2D eigenvalue weighted by atomic mass is 16.5. The highest BCUT2D eigenvalue weighted by molar-refractivity contribution is 5.72. The van der Waals surface area contributed by atoms with E-state index in [0.717, 1.165) is 5.69 Å². The maximum atomic E-state index is 10.8. The van der Waals surface area contributed by atoms with Crippen LogP contribution >= 0.6 is 0 Å². The number of nitrogens with zero attached hydrogens (tertiary/aromatic N) is 1. The van der Waals surface area contributed by atoms with Gasteiger partial charge in [0.2, 0.25) is 0 Å². The van der Waals surface area contributed by atoms with Crippen LogP contribution in [0.5, 0.6) is 0 Å². The normalized spacial score (nSPS) is 8.93. The Morgan fingerprint density at radius 2 is 2.33 bits per heavy atom. The maximum Gasteiger partial charge on any atom is 0.317 e. The van der Waals surface area contributed by atoms with Crippen molar-refractivity contribution in [1.82, 2.24) is 4.98 Å². The monoisotopic (exact) mass is 204 g/mol. The second-order valence-corrected chi connectivity index (χ2v) is 2.95. The van der Waals surface area contributed by atoms with E-state index in [1.807, 2.05) is 6.92 Å². The lowest BCUT2D eigenvalue weighted by atomic mass is 10.2. The van der Waals surface area contributed by atoms with Crippen molar-refractivity contribution >= 4 is 11.7 Å². The number of nitrogens with two attached hydrogens (primary N) is 1. The van der Waals surface area contributed by atoms with Crippen molar-refractivity contribution < 1.29 is 9.53 Å². The Labute approximate surface area is 88.5 Å². The fourth-order valence-electron chi connectivity index (χ4n) is 0.940. The number of aromatic nitrogens is 1. The number of ether oxygens (including phenoxy) is 1. The first kappa shape index (κ1) is 11.1. The second-order valence-electron chi connectivity index (χ2n) is 2.95. The van der Waals surface area contributed by atoms with E-state index in [4.69, 9.17) is 5.73 Å². The van der Waals surface area contributed by atoms with E-state index in [-0.39, 0.29) is 12.4 Å². The molecule has 1 aromatic heterocycles. The van der Waals surface area contributed by atoms with Crippen molar-refractivity contribution in [3.63, 3.8) is 0 Å². The first-order valence-corrected chi connectivity index (χ1v) is 4.42. The molecule has 1 heterocycles.